The average Bonchev–Trinajstić information content (AvgIpc) is 2.75. The molecular weight excluding hydrogens is 258 g/mol. The Kier molecular flexibility index (Phi) is 4.67. The molecule has 1 aromatic rings. The molecule has 112 valence electrons. The number of ether oxygens (including phenoxy) is 2. The van der Waals surface area contributed by atoms with Gasteiger partial charge >= 0.3 is 5.97 Å². The van der Waals surface area contributed by atoms with Crippen molar-refractivity contribution in [2.24, 2.45) is 7.05 Å². The summed E-state index contributed by atoms with van der Waals surface area (Å²) in [4.78, 5) is 14.3. The van der Waals surface area contributed by atoms with Gasteiger partial charge in [-0.15, -0.1) is 0 Å². The summed E-state index contributed by atoms with van der Waals surface area (Å²) in [6.45, 7) is 6.98. The SMILES string of the molecule is CC(C)N1CCOC(COC(=O)c2cc(N)cn2C)C1. The lowest BCUT2D eigenvalue weighted by Gasteiger charge is -2.35. The Bertz CT molecular complexity index is 470. The zero-order valence-corrected chi connectivity index (χ0v) is 12.3. The van der Waals surface area contributed by atoms with Crippen LogP contribution in [0.3, 0.4) is 0 Å². The number of nitrogens with two attached hydrogens (primary N) is 1. The lowest BCUT2D eigenvalue weighted by molar-refractivity contribution is -0.0664. The molecule has 0 radical (unpaired) electrons. The highest BCUT2D eigenvalue weighted by atomic mass is 16.6. The molecule has 0 amide bonds. The van der Waals surface area contributed by atoms with E-state index in [4.69, 9.17) is 15.2 Å². The number of nitrogen functional groups attached to an aromatic ring is 1. The normalized spacial score (nSPS) is 20.3. The minimum absolute atomic E-state index is 0.0623. The Morgan fingerprint density at radius 3 is 2.95 bits per heavy atom. The number of anilines is 1. The summed E-state index contributed by atoms with van der Waals surface area (Å²) >= 11 is 0. The molecule has 1 atom stereocenters. The third kappa shape index (κ3) is 3.52. The van der Waals surface area contributed by atoms with Crippen molar-refractivity contribution in [3.8, 4) is 0 Å². The van der Waals surface area contributed by atoms with Gasteiger partial charge < -0.3 is 19.8 Å². The van der Waals surface area contributed by atoms with Crippen LogP contribution in [0.15, 0.2) is 12.3 Å². The second kappa shape index (κ2) is 6.28. The molecule has 6 nitrogen and oxygen atoms in total. The molecule has 1 aliphatic rings. The number of hydrogen-bond acceptors (Lipinski definition) is 5. The van der Waals surface area contributed by atoms with E-state index in [-0.39, 0.29) is 18.7 Å². The lowest BCUT2D eigenvalue weighted by Crippen LogP contribution is -2.47. The van der Waals surface area contributed by atoms with E-state index < -0.39 is 0 Å². The molecule has 1 unspecified atom stereocenters. The molecule has 1 fully saturated rings. The van der Waals surface area contributed by atoms with Crippen LogP contribution in [-0.4, -0.2) is 53.9 Å². The summed E-state index contributed by atoms with van der Waals surface area (Å²) in [7, 11) is 1.77. The van der Waals surface area contributed by atoms with E-state index >= 15 is 0 Å². The van der Waals surface area contributed by atoms with Gasteiger partial charge in [0.1, 0.15) is 18.4 Å². The van der Waals surface area contributed by atoms with Gasteiger partial charge in [0.05, 0.1) is 12.3 Å². The zero-order chi connectivity index (χ0) is 14.7. The van der Waals surface area contributed by atoms with Crippen LogP contribution in [0.5, 0.6) is 0 Å². The number of aromatic nitrogens is 1. The number of carbonyl (C=O) groups excluding carboxylic acids is 1. The number of nitrogens with zero attached hydrogens (tertiary/aromatic N) is 2. The Morgan fingerprint density at radius 2 is 2.35 bits per heavy atom. The lowest BCUT2D eigenvalue weighted by atomic mass is 10.2. The van der Waals surface area contributed by atoms with Crippen LogP contribution in [-0.2, 0) is 16.5 Å². The van der Waals surface area contributed by atoms with Crippen LogP contribution in [0.25, 0.3) is 0 Å². The maximum Gasteiger partial charge on any atom is 0.355 e. The standard InChI is InChI=1S/C14H23N3O3/c1-10(2)17-4-5-19-12(8-17)9-20-14(18)13-6-11(15)7-16(13)3/h6-7,10,12H,4-5,8-9,15H2,1-3H3. The van der Waals surface area contributed by atoms with Gasteiger partial charge in [0.2, 0.25) is 0 Å². The molecule has 0 spiro atoms. The molecule has 0 saturated carbocycles. The molecule has 2 N–H and O–H groups in total. The minimum Gasteiger partial charge on any atom is -0.458 e. The van der Waals surface area contributed by atoms with E-state index in [1.807, 2.05) is 0 Å². The minimum atomic E-state index is -0.366. The van der Waals surface area contributed by atoms with Crippen LogP contribution in [0.4, 0.5) is 5.69 Å². The summed E-state index contributed by atoms with van der Waals surface area (Å²) in [5, 5.41) is 0. The van der Waals surface area contributed by atoms with E-state index in [0.717, 1.165) is 13.1 Å². The molecule has 2 heterocycles. The van der Waals surface area contributed by atoms with Crippen molar-refractivity contribution in [1.29, 1.82) is 0 Å². The number of aryl methyl sites for hydroxylation is 1. The van der Waals surface area contributed by atoms with Crippen LogP contribution in [0.2, 0.25) is 0 Å². The number of esters is 1. The van der Waals surface area contributed by atoms with Gasteiger partial charge in [0.25, 0.3) is 0 Å². The van der Waals surface area contributed by atoms with Crippen LogP contribution in [0, 0.1) is 0 Å². The van der Waals surface area contributed by atoms with Crippen molar-refractivity contribution in [3.05, 3.63) is 18.0 Å². The van der Waals surface area contributed by atoms with E-state index in [0.29, 0.717) is 24.0 Å². The van der Waals surface area contributed by atoms with Gasteiger partial charge in [-0.05, 0) is 19.9 Å². The molecule has 0 aromatic carbocycles. The molecule has 0 aliphatic carbocycles. The van der Waals surface area contributed by atoms with E-state index in [1.54, 1.807) is 23.9 Å². The Morgan fingerprint density at radius 1 is 1.60 bits per heavy atom. The highest BCUT2D eigenvalue weighted by molar-refractivity contribution is 5.89. The highest BCUT2D eigenvalue weighted by Crippen LogP contribution is 2.12. The highest BCUT2D eigenvalue weighted by Gasteiger charge is 2.24. The van der Waals surface area contributed by atoms with Crippen LogP contribution < -0.4 is 5.73 Å². The quantitative estimate of drug-likeness (QED) is 0.829. The van der Waals surface area contributed by atoms with Gasteiger partial charge in [-0.2, -0.15) is 0 Å². The maximum atomic E-state index is 12.0. The predicted octanol–water partition coefficient (Wildman–Crippen LogP) is 0.873. The number of carbonyl (C=O) groups is 1. The first kappa shape index (κ1) is 14.9. The van der Waals surface area contributed by atoms with Gasteiger partial charge in [-0.25, -0.2) is 4.79 Å². The Hall–Kier alpha value is -1.53. The number of hydrogen-bond donors (Lipinski definition) is 1. The van der Waals surface area contributed by atoms with Crippen molar-refractivity contribution in [1.82, 2.24) is 9.47 Å². The zero-order valence-electron chi connectivity index (χ0n) is 12.3. The Balaban J connectivity index is 1.86. The fourth-order valence-corrected chi connectivity index (χ4v) is 2.35. The van der Waals surface area contributed by atoms with Crippen molar-refractivity contribution in [3.63, 3.8) is 0 Å². The second-order valence-corrected chi connectivity index (χ2v) is 5.45. The van der Waals surface area contributed by atoms with Gasteiger partial charge in [0.15, 0.2) is 0 Å². The molecule has 1 saturated heterocycles. The summed E-state index contributed by atoms with van der Waals surface area (Å²) < 4.78 is 12.6. The maximum absolute atomic E-state index is 12.0. The first-order valence-electron chi connectivity index (χ1n) is 6.92. The molecule has 6 heteroatoms. The smallest absolute Gasteiger partial charge is 0.355 e. The Labute approximate surface area is 119 Å². The van der Waals surface area contributed by atoms with Gasteiger partial charge in [0, 0.05) is 32.4 Å². The summed E-state index contributed by atoms with van der Waals surface area (Å²) in [5.74, 6) is -0.366. The predicted molar refractivity (Wildman–Crippen MR) is 76.6 cm³/mol. The van der Waals surface area contributed by atoms with Crippen LogP contribution >= 0.6 is 0 Å². The third-order valence-electron chi connectivity index (χ3n) is 3.54. The summed E-state index contributed by atoms with van der Waals surface area (Å²) in [5.41, 5.74) is 6.66. The summed E-state index contributed by atoms with van der Waals surface area (Å²) in [6, 6.07) is 2.09. The molecule has 1 aromatic heterocycles. The molecular formula is C14H23N3O3. The van der Waals surface area contributed by atoms with E-state index in [2.05, 4.69) is 18.7 Å². The largest absolute Gasteiger partial charge is 0.458 e. The fraction of sp³-hybridized carbons (Fsp3) is 0.643. The molecule has 20 heavy (non-hydrogen) atoms. The molecule has 1 aliphatic heterocycles. The molecule has 2 rings (SSSR count). The van der Waals surface area contributed by atoms with E-state index in [1.165, 1.54) is 0 Å². The van der Waals surface area contributed by atoms with Crippen LogP contribution in [0.1, 0.15) is 24.3 Å². The fourth-order valence-electron chi connectivity index (χ4n) is 2.35. The average molecular weight is 281 g/mol. The van der Waals surface area contributed by atoms with Crippen molar-refractivity contribution in [2.75, 3.05) is 32.0 Å². The number of morpholine rings is 1. The van der Waals surface area contributed by atoms with Crippen molar-refractivity contribution >= 4 is 11.7 Å². The summed E-state index contributed by atoms with van der Waals surface area (Å²) in [6.07, 6.45) is 1.63. The van der Waals surface area contributed by atoms with Gasteiger partial charge in [-0.1, -0.05) is 0 Å². The van der Waals surface area contributed by atoms with Crippen molar-refractivity contribution < 1.29 is 14.3 Å². The monoisotopic (exact) mass is 281 g/mol. The molecule has 0 bridgehead atoms. The van der Waals surface area contributed by atoms with Crippen molar-refractivity contribution in [2.45, 2.75) is 26.0 Å². The second-order valence-electron chi connectivity index (χ2n) is 5.45. The number of rotatable bonds is 4. The third-order valence-corrected chi connectivity index (χ3v) is 3.54. The van der Waals surface area contributed by atoms with E-state index in [9.17, 15) is 4.79 Å². The topological polar surface area (TPSA) is 69.7 Å². The van der Waals surface area contributed by atoms with Gasteiger partial charge in [-0.3, -0.25) is 4.90 Å². The first-order valence-corrected chi connectivity index (χ1v) is 6.92. The first-order chi connectivity index (χ1) is 9.47.